The zero-order valence-corrected chi connectivity index (χ0v) is 16.5. The molecule has 4 rings (SSSR count). The Hall–Kier alpha value is -3.86. The molecule has 0 aliphatic carbocycles. The molecule has 0 amide bonds. The van der Waals surface area contributed by atoms with Crippen molar-refractivity contribution in [3.8, 4) is 11.4 Å². The number of carbonyl (C=O) groups is 1. The van der Waals surface area contributed by atoms with E-state index in [9.17, 15) is 4.79 Å². The van der Waals surface area contributed by atoms with Gasteiger partial charge in [-0.25, -0.2) is 9.78 Å². The summed E-state index contributed by atoms with van der Waals surface area (Å²) >= 11 is 0. The number of hydrogen-bond acceptors (Lipinski definition) is 4. The molecule has 0 N–H and O–H groups in total. The molecule has 3 aromatic carbocycles. The summed E-state index contributed by atoms with van der Waals surface area (Å²) in [5.74, 6) is 0.469. The van der Waals surface area contributed by atoms with Crippen molar-refractivity contribution in [3.05, 3.63) is 114 Å². The summed E-state index contributed by atoms with van der Waals surface area (Å²) in [7, 11) is 0. The fourth-order valence-electron chi connectivity index (χ4n) is 3.02. The molecule has 4 aromatic rings. The lowest BCUT2D eigenvalue weighted by Gasteiger charge is -2.09. The maximum absolute atomic E-state index is 12.2. The predicted octanol–water partition coefficient (Wildman–Crippen LogP) is 4.85. The van der Waals surface area contributed by atoms with Crippen LogP contribution in [0.15, 0.2) is 97.6 Å². The van der Waals surface area contributed by atoms with E-state index in [0.29, 0.717) is 25.2 Å². The number of hydrogen-bond donors (Lipinski definition) is 0. The predicted molar refractivity (Wildman–Crippen MR) is 115 cm³/mol. The van der Waals surface area contributed by atoms with E-state index in [0.717, 1.165) is 22.6 Å². The molecule has 0 atom stereocenters. The molecule has 1 heterocycles. The Labute approximate surface area is 175 Å². The van der Waals surface area contributed by atoms with Gasteiger partial charge in [-0.15, -0.1) is 0 Å². The molecule has 30 heavy (non-hydrogen) atoms. The minimum Gasteiger partial charge on any atom is -0.489 e. The molecular formula is C25H22N2O3. The quantitative estimate of drug-likeness (QED) is 0.398. The molecule has 0 radical (unpaired) electrons. The summed E-state index contributed by atoms with van der Waals surface area (Å²) in [6, 6.07) is 25.1. The zero-order chi connectivity index (χ0) is 20.6. The third-order valence-electron chi connectivity index (χ3n) is 4.70. The molecule has 0 saturated heterocycles. The zero-order valence-electron chi connectivity index (χ0n) is 16.5. The van der Waals surface area contributed by atoms with Crippen LogP contribution in [0, 0.1) is 0 Å². The summed E-state index contributed by atoms with van der Waals surface area (Å²) in [4.78, 5) is 16.2. The van der Waals surface area contributed by atoms with Gasteiger partial charge in [0, 0.05) is 24.5 Å². The molecule has 0 aliphatic heterocycles. The first-order chi connectivity index (χ1) is 14.8. The summed E-state index contributed by atoms with van der Waals surface area (Å²) in [6.45, 7) is 0.788. The van der Waals surface area contributed by atoms with E-state index >= 15 is 0 Å². The Balaban J connectivity index is 1.25. The van der Waals surface area contributed by atoms with Gasteiger partial charge >= 0.3 is 5.97 Å². The van der Waals surface area contributed by atoms with Crippen molar-refractivity contribution in [1.29, 1.82) is 0 Å². The maximum atomic E-state index is 12.2. The van der Waals surface area contributed by atoms with Gasteiger partial charge in [-0.2, -0.15) is 0 Å². The Morgan fingerprint density at radius 1 is 0.867 bits per heavy atom. The van der Waals surface area contributed by atoms with Crippen LogP contribution < -0.4 is 4.74 Å². The molecule has 0 aliphatic rings. The van der Waals surface area contributed by atoms with Crippen LogP contribution in [0.1, 0.15) is 21.5 Å². The van der Waals surface area contributed by atoms with Crippen LogP contribution in [0.3, 0.4) is 0 Å². The first-order valence-corrected chi connectivity index (χ1v) is 9.79. The Morgan fingerprint density at radius 3 is 2.33 bits per heavy atom. The lowest BCUT2D eigenvalue weighted by Crippen LogP contribution is -2.08. The van der Waals surface area contributed by atoms with Crippen molar-refractivity contribution in [2.45, 2.75) is 13.0 Å². The fraction of sp³-hybridized carbons (Fsp3) is 0.120. The smallest absolute Gasteiger partial charge is 0.338 e. The number of nitrogens with zero attached hydrogens (tertiary/aromatic N) is 2. The second kappa shape index (κ2) is 9.56. The van der Waals surface area contributed by atoms with Crippen LogP contribution in [-0.4, -0.2) is 22.1 Å². The lowest BCUT2D eigenvalue weighted by atomic mass is 10.1. The van der Waals surface area contributed by atoms with Crippen molar-refractivity contribution in [2.75, 3.05) is 6.61 Å². The van der Waals surface area contributed by atoms with Gasteiger partial charge in [0.15, 0.2) is 0 Å². The minimum absolute atomic E-state index is 0.312. The number of imidazole rings is 1. The largest absolute Gasteiger partial charge is 0.489 e. The number of esters is 1. The average Bonchev–Trinajstić information content (AvgIpc) is 3.34. The fourth-order valence-corrected chi connectivity index (χ4v) is 3.02. The highest BCUT2D eigenvalue weighted by molar-refractivity contribution is 5.89. The molecule has 150 valence electrons. The van der Waals surface area contributed by atoms with Gasteiger partial charge in [0.2, 0.25) is 0 Å². The summed E-state index contributed by atoms with van der Waals surface area (Å²) in [6.07, 6.45) is 6.10. The van der Waals surface area contributed by atoms with E-state index in [4.69, 9.17) is 9.47 Å². The average molecular weight is 398 g/mol. The van der Waals surface area contributed by atoms with Crippen molar-refractivity contribution >= 4 is 5.97 Å². The Morgan fingerprint density at radius 2 is 1.63 bits per heavy atom. The molecule has 0 unspecified atom stereocenters. The van der Waals surface area contributed by atoms with Gasteiger partial charge in [-0.1, -0.05) is 42.5 Å². The number of aromatic nitrogens is 2. The van der Waals surface area contributed by atoms with E-state index in [1.54, 1.807) is 24.7 Å². The number of rotatable bonds is 8. The van der Waals surface area contributed by atoms with E-state index < -0.39 is 0 Å². The van der Waals surface area contributed by atoms with Crippen molar-refractivity contribution < 1.29 is 14.3 Å². The molecule has 5 nitrogen and oxygen atoms in total. The van der Waals surface area contributed by atoms with E-state index in [2.05, 4.69) is 4.98 Å². The SMILES string of the molecule is O=C(OCCc1ccccc1)c1ccc(COc2ccc(-n3ccnc3)cc2)cc1. The minimum atomic E-state index is -0.312. The van der Waals surface area contributed by atoms with Crippen molar-refractivity contribution in [1.82, 2.24) is 9.55 Å². The first-order valence-electron chi connectivity index (χ1n) is 9.79. The molecular weight excluding hydrogens is 376 g/mol. The number of benzene rings is 3. The molecule has 5 heteroatoms. The number of carbonyl (C=O) groups excluding carboxylic acids is 1. The first kappa shape index (κ1) is 19.5. The lowest BCUT2D eigenvalue weighted by molar-refractivity contribution is 0.0509. The van der Waals surface area contributed by atoms with Crippen LogP contribution >= 0.6 is 0 Å². The van der Waals surface area contributed by atoms with Crippen LogP contribution in [0.5, 0.6) is 5.75 Å². The molecule has 0 saturated carbocycles. The summed E-state index contributed by atoms with van der Waals surface area (Å²) in [5, 5.41) is 0. The Kier molecular flexibility index (Phi) is 6.20. The second-order valence-electron chi connectivity index (χ2n) is 6.82. The van der Waals surface area contributed by atoms with Crippen LogP contribution in [0.4, 0.5) is 0 Å². The van der Waals surface area contributed by atoms with Gasteiger partial charge < -0.3 is 14.0 Å². The van der Waals surface area contributed by atoms with Crippen molar-refractivity contribution in [3.63, 3.8) is 0 Å². The standard InChI is InChI=1S/C25H22N2O3/c28-25(29-17-14-20-4-2-1-3-5-20)22-8-6-21(7-9-22)18-30-24-12-10-23(11-13-24)27-16-15-26-19-27/h1-13,15-16,19H,14,17-18H2. The van der Waals surface area contributed by atoms with E-state index in [-0.39, 0.29) is 5.97 Å². The summed E-state index contributed by atoms with van der Waals surface area (Å²) < 4.78 is 13.1. The third-order valence-corrected chi connectivity index (χ3v) is 4.70. The van der Waals surface area contributed by atoms with E-state index in [1.807, 2.05) is 77.5 Å². The third kappa shape index (κ3) is 5.14. The highest BCUT2D eigenvalue weighted by Crippen LogP contribution is 2.17. The van der Waals surface area contributed by atoms with Crippen LogP contribution in [0.2, 0.25) is 0 Å². The second-order valence-corrected chi connectivity index (χ2v) is 6.82. The maximum Gasteiger partial charge on any atom is 0.338 e. The van der Waals surface area contributed by atoms with Gasteiger partial charge in [-0.05, 0) is 47.5 Å². The highest BCUT2D eigenvalue weighted by Gasteiger charge is 2.07. The molecule has 0 fully saturated rings. The van der Waals surface area contributed by atoms with E-state index in [1.165, 1.54) is 0 Å². The van der Waals surface area contributed by atoms with Gasteiger partial charge in [0.05, 0.1) is 18.5 Å². The number of ether oxygens (including phenoxy) is 2. The van der Waals surface area contributed by atoms with Gasteiger partial charge in [0.25, 0.3) is 0 Å². The van der Waals surface area contributed by atoms with Crippen molar-refractivity contribution in [2.24, 2.45) is 0 Å². The topological polar surface area (TPSA) is 53.4 Å². The summed E-state index contributed by atoms with van der Waals surface area (Å²) in [5.41, 5.74) is 3.69. The van der Waals surface area contributed by atoms with Gasteiger partial charge in [0.1, 0.15) is 12.4 Å². The Bertz CT molecular complexity index is 1060. The molecule has 1 aromatic heterocycles. The molecule has 0 spiro atoms. The molecule has 0 bridgehead atoms. The van der Waals surface area contributed by atoms with Crippen LogP contribution in [0.25, 0.3) is 5.69 Å². The normalized spacial score (nSPS) is 10.5. The van der Waals surface area contributed by atoms with Crippen LogP contribution in [-0.2, 0) is 17.8 Å². The van der Waals surface area contributed by atoms with Gasteiger partial charge in [-0.3, -0.25) is 0 Å². The monoisotopic (exact) mass is 398 g/mol. The highest BCUT2D eigenvalue weighted by atomic mass is 16.5.